The molecule has 0 aliphatic carbocycles. The van der Waals surface area contributed by atoms with Crippen LogP contribution in [-0.2, 0) is 4.74 Å². The van der Waals surface area contributed by atoms with Gasteiger partial charge in [0.15, 0.2) is 0 Å². The van der Waals surface area contributed by atoms with Crippen LogP contribution in [0, 0.1) is 0 Å². The number of ether oxygens (including phenoxy) is 1. The average molecular weight is 161 g/mol. The van der Waals surface area contributed by atoms with Gasteiger partial charge in [-0.25, -0.2) is 0 Å². The molecular weight excluding hydrogens is 146 g/mol. The number of hydrogen-bond donors (Lipinski definition) is 3. The van der Waals surface area contributed by atoms with Crippen LogP contribution in [0.3, 0.4) is 0 Å². The molecule has 0 aromatic heterocycles. The third kappa shape index (κ3) is 1.39. The van der Waals surface area contributed by atoms with E-state index in [9.17, 15) is 5.11 Å². The van der Waals surface area contributed by atoms with Gasteiger partial charge in [0.2, 0.25) is 0 Å². The van der Waals surface area contributed by atoms with E-state index in [0.717, 1.165) is 0 Å². The zero-order valence-corrected chi connectivity index (χ0v) is 6.82. The molecule has 1 fully saturated rings. The molecule has 0 aromatic rings. The molecule has 0 aromatic carbocycles. The maximum absolute atomic E-state index is 9.38. The molecule has 0 radical (unpaired) electrons. The minimum atomic E-state index is -0.755. The first-order chi connectivity index (χ1) is 4.99. The Labute approximate surface area is 66.0 Å². The Morgan fingerprint density at radius 2 is 2.09 bits per heavy atom. The van der Waals surface area contributed by atoms with Crippen LogP contribution in [0.25, 0.3) is 0 Å². The molecule has 1 rings (SSSR count). The van der Waals surface area contributed by atoms with Crippen molar-refractivity contribution in [3.8, 4) is 0 Å². The molecule has 4 nitrogen and oxygen atoms in total. The molecule has 66 valence electrons. The second-order valence-electron chi connectivity index (χ2n) is 3.46. The van der Waals surface area contributed by atoms with Crippen LogP contribution in [0.1, 0.15) is 13.8 Å². The maximum atomic E-state index is 9.38. The number of aliphatic hydroxyl groups excluding tert-OH is 2. The molecule has 0 saturated carbocycles. The highest BCUT2D eigenvalue weighted by atomic mass is 16.5. The van der Waals surface area contributed by atoms with E-state index in [4.69, 9.17) is 15.6 Å². The zero-order valence-electron chi connectivity index (χ0n) is 6.82. The number of rotatable bonds is 1. The van der Waals surface area contributed by atoms with Crippen molar-refractivity contribution in [1.29, 1.82) is 0 Å². The zero-order chi connectivity index (χ0) is 8.65. The highest BCUT2D eigenvalue weighted by Gasteiger charge is 2.46. The van der Waals surface area contributed by atoms with Crippen LogP contribution in [-0.4, -0.2) is 40.7 Å². The predicted molar refractivity (Wildman–Crippen MR) is 40.0 cm³/mol. The van der Waals surface area contributed by atoms with Crippen LogP contribution in [0.5, 0.6) is 0 Å². The number of hydrogen-bond acceptors (Lipinski definition) is 4. The highest BCUT2D eigenvalue weighted by molar-refractivity contribution is 4.99. The third-order valence-electron chi connectivity index (χ3n) is 2.19. The summed E-state index contributed by atoms with van der Waals surface area (Å²) in [4.78, 5) is 0. The molecule has 3 atom stereocenters. The smallest absolute Gasteiger partial charge is 0.109 e. The van der Waals surface area contributed by atoms with Gasteiger partial charge in [0.1, 0.15) is 12.2 Å². The fourth-order valence-electron chi connectivity index (χ4n) is 1.33. The molecule has 1 aliphatic rings. The normalized spacial score (nSPS) is 42.8. The van der Waals surface area contributed by atoms with Crippen LogP contribution < -0.4 is 5.73 Å². The van der Waals surface area contributed by atoms with E-state index in [-0.39, 0.29) is 6.61 Å². The molecule has 1 aliphatic heterocycles. The van der Waals surface area contributed by atoms with Gasteiger partial charge in [-0.1, -0.05) is 0 Å². The molecule has 3 unspecified atom stereocenters. The van der Waals surface area contributed by atoms with E-state index in [1.54, 1.807) is 13.8 Å². The first kappa shape index (κ1) is 8.93. The molecule has 0 amide bonds. The van der Waals surface area contributed by atoms with Crippen molar-refractivity contribution in [2.24, 2.45) is 5.73 Å². The Morgan fingerprint density at radius 3 is 2.27 bits per heavy atom. The minimum Gasteiger partial charge on any atom is -0.394 e. The number of nitrogens with two attached hydrogens (primary N) is 1. The summed E-state index contributed by atoms with van der Waals surface area (Å²) >= 11 is 0. The molecule has 4 heteroatoms. The number of aliphatic hydroxyl groups is 2. The van der Waals surface area contributed by atoms with E-state index in [1.807, 2.05) is 0 Å². The summed E-state index contributed by atoms with van der Waals surface area (Å²) in [5.74, 6) is 0. The minimum absolute atomic E-state index is 0.182. The van der Waals surface area contributed by atoms with Gasteiger partial charge in [-0.15, -0.1) is 0 Å². The topological polar surface area (TPSA) is 75.7 Å². The summed E-state index contributed by atoms with van der Waals surface area (Å²) in [6.45, 7) is 3.42. The molecule has 1 heterocycles. The molecule has 0 spiro atoms. The van der Waals surface area contributed by atoms with Crippen LogP contribution in [0.15, 0.2) is 0 Å². The van der Waals surface area contributed by atoms with Gasteiger partial charge in [0, 0.05) is 0 Å². The van der Waals surface area contributed by atoms with Crippen molar-refractivity contribution in [1.82, 2.24) is 0 Å². The van der Waals surface area contributed by atoms with E-state index >= 15 is 0 Å². The SMILES string of the molecule is CC1(C)OC(CO)C(O)C1N. The lowest BCUT2D eigenvalue weighted by molar-refractivity contribution is -0.0563. The summed E-state index contributed by atoms with van der Waals surface area (Å²) in [6.07, 6.45) is -1.28. The van der Waals surface area contributed by atoms with Crippen molar-refractivity contribution >= 4 is 0 Å². The van der Waals surface area contributed by atoms with Crippen molar-refractivity contribution in [2.75, 3.05) is 6.61 Å². The highest BCUT2D eigenvalue weighted by Crippen LogP contribution is 2.28. The quantitative estimate of drug-likeness (QED) is 0.453. The van der Waals surface area contributed by atoms with Crippen molar-refractivity contribution in [3.05, 3.63) is 0 Å². The molecular formula is C7H15NO3. The summed E-state index contributed by atoms with van der Waals surface area (Å²) in [5.41, 5.74) is 5.10. The third-order valence-corrected chi connectivity index (χ3v) is 2.19. The molecule has 1 saturated heterocycles. The van der Waals surface area contributed by atoms with E-state index in [1.165, 1.54) is 0 Å². The predicted octanol–water partition coefficient (Wildman–Crippen LogP) is -1.16. The summed E-state index contributed by atoms with van der Waals surface area (Å²) < 4.78 is 5.30. The monoisotopic (exact) mass is 161 g/mol. The Bertz CT molecular complexity index is 149. The first-order valence-corrected chi connectivity index (χ1v) is 3.71. The Morgan fingerprint density at radius 1 is 1.55 bits per heavy atom. The van der Waals surface area contributed by atoms with E-state index in [2.05, 4.69) is 0 Å². The first-order valence-electron chi connectivity index (χ1n) is 3.71. The molecule has 4 N–H and O–H groups in total. The Kier molecular flexibility index (Phi) is 2.20. The van der Waals surface area contributed by atoms with Gasteiger partial charge >= 0.3 is 0 Å². The van der Waals surface area contributed by atoms with Crippen LogP contribution in [0.4, 0.5) is 0 Å². The lowest BCUT2D eigenvalue weighted by Crippen LogP contribution is -2.45. The summed E-state index contributed by atoms with van der Waals surface area (Å²) in [5, 5.41) is 18.1. The lowest BCUT2D eigenvalue weighted by Gasteiger charge is -2.22. The summed E-state index contributed by atoms with van der Waals surface area (Å²) in [7, 11) is 0. The standard InChI is InChI=1S/C7H15NO3/c1-7(2)6(8)5(10)4(3-9)11-7/h4-6,9-10H,3,8H2,1-2H3. The van der Waals surface area contributed by atoms with Crippen molar-refractivity contribution < 1.29 is 14.9 Å². The van der Waals surface area contributed by atoms with Crippen molar-refractivity contribution in [3.63, 3.8) is 0 Å². The fraction of sp³-hybridized carbons (Fsp3) is 1.00. The second-order valence-corrected chi connectivity index (χ2v) is 3.46. The molecule has 0 bridgehead atoms. The van der Waals surface area contributed by atoms with Gasteiger partial charge in [0.25, 0.3) is 0 Å². The van der Waals surface area contributed by atoms with Gasteiger partial charge < -0.3 is 20.7 Å². The van der Waals surface area contributed by atoms with E-state index < -0.39 is 23.9 Å². The van der Waals surface area contributed by atoms with Gasteiger partial charge in [-0.3, -0.25) is 0 Å². The Balaban J connectivity index is 2.69. The largest absolute Gasteiger partial charge is 0.394 e. The maximum Gasteiger partial charge on any atom is 0.109 e. The second kappa shape index (κ2) is 2.71. The lowest BCUT2D eigenvalue weighted by atomic mass is 9.97. The van der Waals surface area contributed by atoms with Crippen LogP contribution in [0.2, 0.25) is 0 Å². The molecule has 11 heavy (non-hydrogen) atoms. The average Bonchev–Trinajstić information content (AvgIpc) is 2.13. The summed E-state index contributed by atoms with van der Waals surface area (Å²) in [6, 6.07) is -0.417. The van der Waals surface area contributed by atoms with Crippen LogP contribution >= 0.6 is 0 Å². The fourth-order valence-corrected chi connectivity index (χ4v) is 1.33. The van der Waals surface area contributed by atoms with Gasteiger partial charge in [0.05, 0.1) is 18.2 Å². The van der Waals surface area contributed by atoms with Crippen molar-refractivity contribution in [2.45, 2.75) is 37.7 Å². The van der Waals surface area contributed by atoms with Gasteiger partial charge in [-0.05, 0) is 13.8 Å². The Hall–Kier alpha value is -0.160. The van der Waals surface area contributed by atoms with E-state index in [0.29, 0.717) is 0 Å². The van der Waals surface area contributed by atoms with Gasteiger partial charge in [-0.2, -0.15) is 0 Å².